The lowest BCUT2D eigenvalue weighted by Gasteiger charge is -2.08. The van der Waals surface area contributed by atoms with Gasteiger partial charge in [0.15, 0.2) is 0 Å². The van der Waals surface area contributed by atoms with Crippen LogP contribution in [0.4, 0.5) is 5.69 Å². The summed E-state index contributed by atoms with van der Waals surface area (Å²) < 4.78 is 7.06. The Bertz CT molecular complexity index is 588. The summed E-state index contributed by atoms with van der Waals surface area (Å²) in [5.74, 6) is -0.215. The molecule has 0 fully saturated rings. The van der Waals surface area contributed by atoms with Crippen LogP contribution in [0.25, 0.3) is 0 Å². The van der Waals surface area contributed by atoms with Crippen LogP contribution in [0.15, 0.2) is 36.5 Å². The summed E-state index contributed by atoms with van der Waals surface area (Å²) in [6, 6.07) is 8.15. The molecule has 1 heterocycles. The molecule has 0 saturated carbocycles. The summed E-state index contributed by atoms with van der Waals surface area (Å²) in [4.78, 5) is 12.0. The zero-order valence-corrected chi connectivity index (χ0v) is 11.4. The van der Waals surface area contributed by atoms with Crippen molar-refractivity contribution in [2.45, 2.75) is 26.5 Å². The van der Waals surface area contributed by atoms with Crippen molar-refractivity contribution in [1.82, 2.24) is 4.57 Å². The van der Waals surface area contributed by atoms with Crippen molar-refractivity contribution in [3.8, 4) is 5.75 Å². The van der Waals surface area contributed by atoms with E-state index in [2.05, 4.69) is 0 Å². The topological polar surface area (TPSA) is 77.5 Å². The molecule has 20 heavy (non-hydrogen) atoms. The smallest absolute Gasteiger partial charge is 0.355 e. The van der Waals surface area contributed by atoms with Crippen molar-refractivity contribution < 1.29 is 14.6 Å². The van der Waals surface area contributed by atoms with E-state index in [0.717, 1.165) is 18.5 Å². The molecule has 0 spiro atoms. The minimum absolute atomic E-state index is 0.163. The van der Waals surface area contributed by atoms with Gasteiger partial charge in [0.2, 0.25) is 0 Å². The molecule has 1 aromatic carbocycles. The first kappa shape index (κ1) is 14.0. The summed E-state index contributed by atoms with van der Waals surface area (Å²) >= 11 is 0. The molecule has 106 valence electrons. The number of hydrogen-bond acceptors (Lipinski definition) is 4. The molecule has 0 unspecified atom stereocenters. The number of phenols is 1. The Kier molecular flexibility index (Phi) is 4.30. The predicted octanol–water partition coefficient (Wildman–Crippen LogP) is 2.54. The zero-order valence-electron chi connectivity index (χ0n) is 11.4. The number of rotatable bonds is 5. The number of carbonyl (C=O) groups is 1. The number of aryl methyl sites for hydroxylation is 1. The number of nitrogens with zero attached hydrogens (tertiary/aromatic N) is 1. The number of hydrogen-bond donors (Lipinski definition) is 2. The number of aromatic nitrogens is 1. The van der Waals surface area contributed by atoms with Crippen LogP contribution in [0.1, 0.15) is 29.4 Å². The highest BCUT2D eigenvalue weighted by Crippen LogP contribution is 2.15. The van der Waals surface area contributed by atoms with Gasteiger partial charge in [0.05, 0.1) is 5.69 Å². The normalized spacial score (nSPS) is 10.4. The number of benzene rings is 1. The second kappa shape index (κ2) is 6.14. The average Bonchev–Trinajstić information content (AvgIpc) is 2.79. The van der Waals surface area contributed by atoms with E-state index in [1.165, 1.54) is 0 Å². The van der Waals surface area contributed by atoms with Gasteiger partial charge in [-0.3, -0.25) is 0 Å². The third-order valence-corrected chi connectivity index (χ3v) is 2.90. The maximum Gasteiger partial charge on any atom is 0.355 e. The first-order valence-corrected chi connectivity index (χ1v) is 6.51. The van der Waals surface area contributed by atoms with E-state index >= 15 is 0 Å². The van der Waals surface area contributed by atoms with E-state index < -0.39 is 5.97 Å². The largest absolute Gasteiger partial charge is 0.508 e. The Labute approximate surface area is 117 Å². The maximum atomic E-state index is 12.0. The van der Waals surface area contributed by atoms with Crippen LogP contribution in [0.5, 0.6) is 5.75 Å². The Morgan fingerprint density at radius 3 is 2.70 bits per heavy atom. The van der Waals surface area contributed by atoms with Crippen LogP contribution in [0, 0.1) is 0 Å². The summed E-state index contributed by atoms with van der Waals surface area (Å²) in [5.41, 5.74) is 7.54. The molecule has 0 aliphatic heterocycles. The molecule has 2 aromatic rings. The van der Waals surface area contributed by atoms with Gasteiger partial charge in [-0.25, -0.2) is 4.79 Å². The number of carbonyl (C=O) groups excluding carboxylic acids is 1. The van der Waals surface area contributed by atoms with Gasteiger partial charge in [-0.2, -0.15) is 0 Å². The summed E-state index contributed by atoms with van der Waals surface area (Å²) in [7, 11) is 0. The highest BCUT2D eigenvalue weighted by molar-refractivity contribution is 5.89. The first-order valence-electron chi connectivity index (χ1n) is 6.51. The lowest BCUT2D eigenvalue weighted by Crippen LogP contribution is -2.11. The standard InChI is InChI=1S/C15H18N2O3/c1-2-7-17-9-12(16)8-14(17)15(19)20-10-11-3-5-13(18)6-4-11/h3-6,8-9,18H,2,7,10,16H2,1H3. The molecular formula is C15H18N2O3. The SMILES string of the molecule is CCCn1cc(N)cc1C(=O)OCc1ccc(O)cc1. The Morgan fingerprint density at radius 2 is 2.05 bits per heavy atom. The highest BCUT2D eigenvalue weighted by Gasteiger charge is 2.14. The maximum absolute atomic E-state index is 12.0. The quantitative estimate of drug-likeness (QED) is 0.821. The van der Waals surface area contributed by atoms with Crippen LogP contribution in [0.3, 0.4) is 0 Å². The second-order valence-electron chi connectivity index (χ2n) is 4.59. The van der Waals surface area contributed by atoms with Gasteiger partial charge in [0.25, 0.3) is 0 Å². The Hall–Kier alpha value is -2.43. The average molecular weight is 274 g/mol. The monoisotopic (exact) mass is 274 g/mol. The number of ether oxygens (including phenoxy) is 1. The molecule has 0 amide bonds. The number of phenolic OH excluding ortho intramolecular Hbond substituents is 1. The van der Waals surface area contributed by atoms with E-state index in [4.69, 9.17) is 10.5 Å². The van der Waals surface area contributed by atoms with Crippen LogP contribution in [-0.2, 0) is 17.9 Å². The van der Waals surface area contributed by atoms with Crippen LogP contribution in [0.2, 0.25) is 0 Å². The van der Waals surface area contributed by atoms with Crippen molar-refractivity contribution in [2.24, 2.45) is 0 Å². The first-order chi connectivity index (χ1) is 9.60. The highest BCUT2D eigenvalue weighted by atomic mass is 16.5. The summed E-state index contributed by atoms with van der Waals surface area (Å²) in [6.07, 6.45) is 2.65. The van der Waals surface area contributed by atoms with Crippen molar-refractivity contribution >= 4 is 11.7 Å². The van der Waals surface area contributed by atoms with Crippen molar-refractivity contribution in [3.63, 3.8) is 0 Å². The van der Waals surface area contributed by atoms with Crippen molar-refractivity contribution in [2.75, 3.05) is 5.73 Å². The summed E-state index contributed by atoms with van der Waals surface area (Å²) in [5, 5.41) is 9.19. The number of nitrogens with two attached hydrogens (primary N) is 1. The van der Waals surface area contributed by atoms with Gasteiger partial charge in [0.1, 0.15) is 18.1 Å². The molecule has 0 atom stereocenters. The number of nitrogen functional groups attached to an aromatic ring is 1. The van der Waals surface area contributed by atoms with Crippen molar-refractivity contribution in [3.05, 3.63) is 47.8 Å². The molecule has 0 bridgehead atoms. The fourth-order valence-electron chi connectivity index (χ4n) is 1.94. The van der Waals surface area contributed by atoms with E-state index in [9.17, 15) is 9.90 Å². The molecular weight excluding hydrogens is 256 g/mol. The van der Waals surface area contributed by atoms with Gasteiger partial charge < -0.3 is 20.1 Å². The number of anilines is 1. The van der Waals surface area contributed by atoms with Crippen LogP contribution >= 0.6 is 0 Å². The van der Waals surface area contributed by atoms with Gasteiger partial charge in [-0.05, 0) is 30.2 Å². The van der Waals surface area contributed by atoms with Gasteiger partial charge in [-0.15, -0.1) is 0 Å². The molecule has 3 N–H and O–H groups in total. The third kappa shape index (κ3) is 3.32. The fourth-order valence-corrected chi connectivity index (χ4v) is 1.94. The molecule has 0 aliphatic rings. The lowest BCUT2D eigenvalue weighted by atomic mass is 10.2. The van der Waals surface area contributed by atoms with Gasteiger partial charge in [-0.1, -0.05) is 19.1 Å². The van der Waals surface area contributed by atoms with E-state index in [1.54, 1.807) is 41.1 Å². The minimum atomic E-state index is -0.400. The molecule has 0 radical (unpaired) electrons. The molecule has 5 nitrogen and oxygen atoms in total. The lowest BCUT2D eigenvalue weighted by molar-refractivity contribution is 0.0460. The molecule has 1 aromatic heterocycles. The Balaban J connectivity index is 2.03. The molecule has 0 saturated heterocycles. The number of esters is 1. The van der Waals surface area contributed by atoms with Crippen LogP contribution in [-0.4, -0.2) is 15.6 Å². The third-order valence-electron chi connectivity index (χ3n) is 2.90. The fraction of sp³-hybridized carbons (Fsp3) is 0.267. The molecule has 2 rings (SSSR count). The van der Waals surface area contributed by atoms with Crippen molar-refractivity contribution in [1.29, 1.82) is 0 Å². The Morgan fingerprint density at radius 1 is 1.35 bits per heavy atom. The van der Waals surface area contributed by atoms with E-state index in [1.807, 2.05) is 6.92 Å². The molecule has 0 aliphatic carbocycles. The zero-order chi connectivity index (χ0) is 14.5. The van der Waals surface area contributed by atoms with E-state index in [0.29, 0.717) is 11.4 Å². The number of aromatic hydroxyl groups is 1. The van der Waals surface area contributed by atoms with Crippen LogP contribution < -0.4 is 5.73 Å². The van der Waals surface area contributed by atoms with Gasteiger partial charge in [0, 0.05) is 12.7 Å². The second-order valence-corrected chi connectivity index (χ2v) is 4.59. The summed E-state index contributed by atoms with van der Waals surface area (Å²) in [6.45, 7) is 2.92. The predicted molar refractivity (Wildman–Crippen MR) is 76.4 cm³/mol. The van der Waals surface area contributed by atoms with E-state index in [-0.39, 0.29) is 12.4 Å². The van der Waals surface area contributed by atoms with Gasteiger partial charge >= 0.3 is 5.97 Å². The minimum Gasteiger partial charge on any atom is -0.508 e. The molecule has 5 heteroatoms.